The first-order chi connectivity index (χ1) is 5.43. The van der Waals surface area contributed by atoms with Gasteiger partial charge in [-0.3, -0.25) is 4.99 Å². The highest BCUT2D eigenvalue weighted by atomic mass is 32.2. The Morgan fingerprint density at radius 3 is 3.27 bits per heavy atom. The second kappa shape index (κ2) is 5.50. The Labute approximate surface area is 75.5 Å². The first kappa shape index (κ1) is 8.95. The molecular weight excluding hydrogens is 176 g/mol. The summed E-state index contributed by atoms with van der Waals surface area (Å²) in [5, 5.41) is 8.26. The molecular formula is C7H10N2S2. The van der Waals surface area contributed by atoms with Gasteiger partial charge in [-0.05, 0) is 6.42 Å². The lowest BCUT2D eigenvalue weighted by Gasteiger charge is -1.95. The van der Waals surface area contributed by atoms with E-state index in [0.717, 1.165) is 24.5 Å². The van der Waals surface area contributed by atoms with Gasteiger partial charge in [0.15, 0.2) is 0 Å². The molecule has 0 aromatic carbocycles. The molecule has 0 radical (unpaired) electrons. The van der Waals surface area contributed by atoms with Crippen LogP contribution in [0.3, 0.4) is 0 Å². The summed E-state index contributed by atoms with van der Waals surface area (Å²) < 4.78 is 1.21. The van der Waals surface area contributed by atoms with Gasteiger partial charge in [0.1, 0.15) is 4.38 Å². The fourth-order valence-corrected chi connectivity index (χ4v) is 2.73. The van der Waals surface area contributed by atoms with Crippen molar-refractivity contribution in [2.24, 2.45) is 4.99 Å². The van der Waals surface area contributed by atoms with Crippen LogP contribution in [0.2, 0.25) is 0 Å². The van der Waals surface area contributed by atoms with E-state index in [-0.39, 0.29) is 0 Å². The lowest BCUT2D eigenvalue weighted by Crippen LogP contribution is -1.84. The van der Waals surface area contributed by atoms with Crippen molar-refractivity contribution in [1.82, 2.24) is 0 Å². The number of aliphatic imine (C=N–C) groups is 1. The molecule has 1 rings (SSSR count). The van der Waals surface area contributed by atoms with Crippen molar-refractivity contribution < 1.29 is 0 Å². The molecule has 0 aromatic heterocycles. The van der Waals surface area contributed by atoms with Crippen molar-refractivity contribution in [1.29, 1.82) is 5.26 Å². The highest BCUT2D eigenvalue weighted by molar-refractivity contribution is 8.39. The summed E-state index contributed by atoms with van der Waals surface area (Å²) in [5.41, 5.74) is 0. The molecule has 60 valence electrons. The van der Waals surface area contributed by atoms with Crippen LogP contribution in [-0.4, -0.2) is 22.4 Å². The standard InChI is InChI=1S/C7H10N2S2/c8-3-1-2-5-10-7-9-4-6-11-7/h1-2,4-6H2. The molecule has 0 unspecified atom stereocenters. The van der Waals surface area contributed by atoms with Crippen LogP contribution in [0, 0.1) is 11.3 Å². The van der Waals surface area contributed by atoms with Crippen molar-refractivity contribution in [3.63, 3.8) is 0 Å². The third-order valence-corrected chi connectivity index (χ3v) is 3.55. The lowest BCUT2D eigenvalue weighted by molar-refractivity contribution is 0.984. The molecule has 0 atom stereocenters. The summed E-state index contributed by atoms with van der Waals surface area (Å²) in [5.74, 6) is 2.18. The second-order valence-corrected chi connectivity index (χ2v) is 4.53. The van der Waals surface area contributed by atoms with Crippen molar-refractivity contribution >= 4 is 27.9 Å². The minimum absolute atomic E-state index is 0.672. The molecule has 11 heavy (non-hydrogen) atoms. The Morgan fingerprint density at radius 2 is 2.64 bits per heavy atom. The first-order valence-corrected chi connectivity index (χ1v) is 5.57. The Balaban J connectivity index is 1.99. The van der Waals surface area contributed by atoms with Crippen LogP contribution in [0.1, 0.15) is 12.8 Å². The SMILES string of the molecule is N#CCCCSC1=NCCS1. The molecule has 0 fully saturated rings. The fourth-order valence-electron chi connectivity index (χ4n) is 0.714. The Bertz CT molecular complexity index is 183. The number of rotatable bonds is 3. The molecule has 0 N–H and O–H groups in total. The number of nitrogens with zero attached hydrogens (tertiary/aromatic N) is 2. The summed E-state index contributed by atoms with van der Waals surface area (Å²) in [6.45, 7) is 0.977. The maximum atomic E-state index is 8.26. The third-order valence-electron chi connectivity index (χ3n) is 1.22. The summed E-state index contributed by atoms with van der Waals surface area (Å²) in [7, 11) is 0. The Morgan fingerprint density at radius 1 is 1.73 bits per heavy atom. The van der Waals surface area contributed by atoms with Crippen LogP contribution < -0.4 is 0 Å². The normalized spacial score (nSPS) is 16.1. The summed E-state index contributed by atoms with van der Waals surface area (Å²) in [6.07, 6.45) is 1.66. The molecule has 4 heteroatoms. The van der Waals surface area contributed by atoms with Crippen LogP contribution in [-0.2, 0) is 0 Å². The molecule has 1 aliphatic rings. The van der Waals surface area contributed by atoms with Gasteiger partial charge in [-0.15, -0.1) is 0 Å². The Hall–Kier alpha value is -0.140. The number of thioether (sulfide) groups is 2. The van der Waals surface area contributed by atoms with Gasteiger partial charge < -0.3 is 0 Å². The van der Waals surface area contributed by atoms with Gasteiger partial charge >= 0.3 is 0 Å². The largest absolute Gasteiger partial charge is 0.271 e. The van der Waals surface area contributed by atoms with Gasteiger partial charge in [0.2, 0.25) is 0 Å². The van der Waals surface area contributed by atoms with Gasteiger partial charge in [-0.25, -0.2) is 0 Å². The zero-order valence-electron chi connectivity index (χ0n) is 6.25. The van der Waals surface area contributed by atoms with E-state index >= 15 is 0 Å². The van der Waals surface area contributed by atoms with E-state index in [9.17, 15) is 0 Å². The van der Waals surface area contributed by atoms with Crippen LogP contribution in [0.4, 0.5) is 0 Å². The first-order valence-electron chi connectivity index (χ1n) is 3.60. The molecule has 1 aliphatic heterocycles. The van der Waals surface area contributed by atoms with Crippen LogP contribution >= 0.6 is 23.5 Å². The smallest absolute Gasteiger partial charge is 0.124 e. The molecule has 0 spiro atoms. The predicted octanol–water partition coefficient (Wildman–Crippen LogP) is 2.13. The van der Waals surface area contributed by atoms with Gasteiger partial charge in [0.25, 0.3) is 0 Å². The van der Waals surface area contributed by atoms with E-state index in [4.69, 9.17) is 5.26 Å². The molecule has 0 saturated carbocycles. The number of hydrogen-bond acceptors (Lipinski definition) is 4. The quantitative estimate of drug-likeness (QED) is 0.633. The number of unbranched alkanes of at least 4 members (excludes halogenated alkanes) is 1. The summed E-state index contributed by atoms with van der Waals surface area (Å²) in [4.78, 5) is 4.29. The molecule has 2 nitrogen and oxygen atoms in total. The molecule has 0 saturated heterocycles. The monoisotopic (exact) mass is 186 g/mol. The van der Waals surface area contributed by atoms with Gasteiger partial charge in [0.05, 0.1) is 12.6 Å². The molecule has 1 heterocycles. The highest BCUT2D eigenvalue weighted by Gasteiger charge is 2.05. The Kier molecular flexibility index (Phi) is 4.48. The molecule has 0 bridgehead atoms. The van der Waals surface area contributed by atoms with Crippen molar-refractivity contribution in [3.05, 3.63) is 0 Å². The number of nitriles is 1. The van der Waals surface area contributed by atoms with Gasteiger partial charge in [-0.1, -0.05) is 23.5 Å². The summed E-state index contributed by atoms with van der Waals surface area (Å²) >= 11 is 3.62. The van der Waals surface area contributed by atoms with Crippen molar-refractivity contribution in [2.45, 2.75) is 12.8 Å². The summed E-state index contributed by atoms with van der Waals surface area (Å²) in [6, 6.07) is 2.13. The van der Waals surface area contributed by atoms with E-state index in [2.05, 4.69) is 11.1 Å². The minimum atomic E-state index is 0.672. The topological polar surface area (TPSA) is 36.1 Å². The van der Waals surface area contributed by atoms with Gasteiger partial charge in [0, 0.05) is 17.9 Å². The minimum Gasteiger partial charge on any atom is -0.271 e. The maximum absolute atomic E-state index is 8.26. The molecule has 0 aliphatic carbocycles. The van der Waals surface area contributed by atoms with Crippen molar-refractivity contribution in [3.8, 4) is 6.07 Å². The van der Waals surface area contributed by atoms with E-state index < -0.39 is 0 Å². The van der Waals surface area contributed by atoms with Crippen LogP contribution in [0.5, 0.6) is 0 Å². The van der Waals surface area contributed by atoms with E-state index in [1.165, 1.54) is 4.38 Å². The van der Waals surface area contributed by atoms with E-state index in [1.807, 2.05) is 11.8 Å². The fraction of sp³-hybridized carbons (Fsp3) is 0.714. The third kappa shape index (κ3) is 3.68. The van der Waals surface area contributed by atoms with E-state index in [1.54, 1.807) is 11.8 Å². The predicted molar refractivity (Wildman–Crippen MR) is 52.1 cm³/mol. The lowest BCUT2D eigenvalue weighted by atomic mass is 10.4. The average Bonchev–Trinajstić information content (AvgIpc) is 2.50. The zero-order chi connectivity index (χ0) is 7.94. The zero-order valence-corrected chi connectivity index (χ0v) is 7.88. The molecule has 0 amide bonds. The second-order valence-electron chi connectivity index (χ2n) is 2.11. The molecule has 0 aromatic rings. The van der Waals surface area contributed by atoms with Crippen LogP contribution in [0.25, 0.3) is 0 Å². The van der Waals surface area contributed by atoms with Crippen LogP contribution in [0.15, 0.2) is 4.99 Å². The van der Waals surface area contributed by atoms with E-state index in [0.29, 0.717) is 6.42 Å². The van der Waals surface area contributed by atoms with Gasteiger partial charge in [-0.2, -0.15) is 5.26 Å². The maximum Gasteiger partial charge on any atom is 0.124 e. The highest BCUT2D eigenvalue weighted by Crippen LogP contribution is 2.22. The average molecular weight is 186 g/mol. The van der Waals surface area contributed by atoms with Crippen molar-refractivity contribution in [2.75, 3.05) is 18.1 Å². The number of hydrogen-bond donors (Lipinski definition) is 0.